The zero-order valence-corrected chi connectivity index (χ0v) is 16.7. The van der Waals surface area contributed by atoms with E-state index in [1.807, 2.05) is 19.9 Å². The first kappa shape index (κ1) is 19.4. The minimum Gasteiger partial charge on any atom is -0.467 e. The molecule has 1 saturated heterocycles. The summed E-state index contributed by atoms with van der Waals surface area (Å²) in [5, 5.41) is 3.26. The van der Waals surface area contributed by atoms with Crippen LogP contribution in [0.3, 0.4) is 0 Å². The Morgan fingerprint density at radius 2 is 2.15 bits per heavy atom. The number of benzene rings is 1. The molecule has 1 aliphatic rings. The number of hydrogen-bond donors (Lipinski definition) is 1. The first-order valence-corrected chi connectivity index (χ1v) is 9.58. The Kier molecular flexibility index (Phi) is 6.16. The van der Waals surface area contributed by atoms with Gasteiger partial charge in [-0.25, -0.2) is 4.98 Å². The number of halogens is 1. The lowest BCUT2D eigenvalue weighted by molar-refractivity contribution is -0.118. The van der Waals surface area contributed by atoms with Crippen molar-refractivity contribution in [2.45, 2.75) is 33.6 Å². The standard InChI is InChI=1S/C20H25ClN4O2/c1-13-6-7-17(16(21)9-13)23-18(26)12-27-19-10-15(3)22-20(24-19)25-8-4-5-14(2)11-25/h6-7,9-10,14H,4-5,8,11-12H2,1-3H3,(H,23,26)/t14-/m0/s1. The summed E-state index contributed by atoms with van der Waals surface area (Å²) in [6.45, 7) is 7.82. The van der Waals surface area contributed by atoms with Crippen molar-refractivity contribution in [3.8, 4) is 5.88 Å². The second kappa shape index (κ2) is 8.57. The molecule has 0 saturated carbocycles. The third kappa shape index (κ3) is 5.32. The summed E-state index contributed by atoms with van der Waals surface area (Å²) in [5.41, 5.74) is 2.42. The van der Waals surface area contributed by atoms with Crippen molar-refractivity contribution >= 4 is 29.1 Å². The summed E-state index contributed by atoms with van der Waals surface area (Å²) in [7, 11) is 0. The van der Waals surface area contributed by atoms with E-state index < -0.39 is 0 Å². The van der Waals surface area contributed by atoms with E-state index in [0.717, 1.165) is 30.8 Å². The summed E-state index contributed by atoms with van der Waals surface area (Å²) in [6, 6.07) is 7.21. The molecule has 0 aliphatic carbocycles. The second-order valence-corrected chi connectivity index (χ2v) is 7.57. The summed E-state index contributed by atoms with van der Waals surface area (Å²) in [6.07, 6.45) is 2.36. The van der Waals surface area contributed by atoms with Crippen LogP contribution in [-0.4, -0.2) is 35.6 Å². The first-order chi connectivity index (χ1) is 12.9. The topological polar surface area (TPSA) is 67.3 Å². The van der Waals surface area contributed by atoms with Crippen molar-refractivity contribution in [3.63, 3.8) is 0 Å². The van der Waals surface area contributed by atoms with Crippen LogP contribution in [0.4, 0.5) is 11.6 Å². The first-order valence-electron chi connectivity index (χ1n) is 9.20. The normalized spacial score (nSPS) is 16.9. The van der Waals surface area contributed by atoms with Crippen LogP contribution in [0, 0.1) is 19.8 Å². The molecule has 0 spiro atoms. The molecule has 1 aliphatic heterocycles. The summed E-state index contributed by atoms with van der Waals surface area (Å²) < 4.78 is 5.61. The maximum atomic E-state index is 12.2. The van der Waals surface area contributed by atoms with Crippen molar-refractivity contribution in [3.05, 3.63) is 40.5 Å². The van der Waals surface area contributed by atoms with Crippen LogP contribution in [0.1, 0.15) is 31.0 Å². The highest BCUT2D eigenvalue weighted by atomic mass is 35.5. The fourth-order valence-electron chi connectivity index (χ4n) is 3.16. The van der Waals surface area contributed by atoms with Crippen LogP contribution < -0.4 is 15.0 Å². The molecule has 3 rings (SSSR count). The van der Waals surface area contributed by atoms with E-state index in [-0.39, 0.29) is 12.5 Å². The minimum absolute atomic E-state index is 0.142. The number of aryl methyl sites for hydroxylation is 2. The Labute approximate surface area is 164 Å². The Bertz CT molecular complexity index is 828. The number of anilines is 2. The quantitative estimate of drug-likeness (QED) is 0.838. The third-order valence-electron chi connectivity index (χ3n) is 4.51. The van der Waals surface area contributed by atoms with Crippen LogP contribution in [0.15, 0.2) is 24.3 Å². The van der Waals surface area contributed by atoms with Gasteiger partial charge in [0, 0.05) is 24.8 Å². The van der Waals surface area contributed by atoms with Gasteiger partial charge in [0.2, 0.25) is 11.8 Å². The highest BCUT2D eigenvalue weighted by molar-refractivity contribution is 6.33. The molecular formula is C20H25ClN4O2. The van der Waals surface area contributed by atoms with Gasteiger partial charge < -0.3 is 15.0 Å². The fourth-order valence-corrected chi connectivity index (χ4v) is 3.44. The summed E-state index contributed by atoms with van der Waals surface area (Å²) >= 11 is 6.15. The van der Waals surface area contributed by atoms with Gasteiger partial charge in [0.05, 0.1) is 10.7 Å². The van der Waals surface area contributed by atoms with Gasteiger partial charge in [-0.05, 0) is 50.3 Å². The van der Waals surface area contributed by atoms with E-state index in [1.165, 1.54) is 6.42 Å². The zero-order valence-electron chi connectivity index (χ0n) is 16.0. The molecule has 27 heavy (non-hydrogen) atoms. The zero-order chi connectivity index (χ0) is 19.4. The van der Waals surface area contributed by atoms with Gasteiger partial charge in [0.15, 0.2) is 6.61 Å². The molecule has 1 atom stereocenters. The Morgan fingerprint density at radius 1 is 1.33 bits per heavy atom. The number of nitrogens with zero attached hydrogens (tertiary/aromatic N) is 3. The van der Waals surface area contributed by atoms with Gasteiger partial charge >= 0.3 is 0 Å². The highest BCUT2D eigenvalue weighted by Gasteiger charge is 2.19. The van der Waals surface area contributed by atoms with Gasteiger partial charge in [0.1, 0.15) is 0 Å². The lowest BCUT2D eigenvalue weighted by Crippen LogP contribution is -2.35. The minimum atomic E-state index is -0.287. The molecular weight excluding hydrogens is 364 g/mol. The largest absolute Gasteiger partial charge is 0.467 e. The molecule has 1 fully saturated rings. The van der Waals surface area contributed by atoms with E-state index in [4.69, 9.17) is 16.3 Å². The number of nitrogens with one attached hydrogen (secondary N) is 1. The van der Waals surface area contributed by atoms with Gasteiger partial charge in [-0.1, -0.05) is 24.6 Å². The van der Waals surface area contributed by atoms with Crippen molar-refractivity contribution in [1.29, 1.82) is 0 Å². The lowest BCUT2D eigenvalue weighted by atomic mass is 10.0. The third-order valence-corrected chi connectivity index (χ3v) is 4.82. The van der Waals surface area contributed by atoms with Gasteiger partial charge in [-0.2, -0.15) is 4.98 Å². The molecule has 6 nitrogen and oxygen atoms in total. The fraction of sp³-hybridized carbons (Fsp3) is 0.450. The van der Waals surface area contributed by atoms with Crippen LogP contribution in [0.2, 0.25) is 5.02 Å². The Morgan fingerprint density at radius 3 is 2.89 bits per heavy atom. The SMILES string of the molecule is Cc1ccc(NC(=O)COc2cc(C)nc(N3CCC[C@H](C)C3)n2)c(Cl)c1. The molecule has 0 bridgehead atoms. The molecule has 1 aromatic heterocycles. The Hall–Kier alpha value is -2.34. The van der Waals surface area contributed by atoms with Gasteiger partial charge in [-0.15, -0.1) is 0 Å². The average Bonchev–Trinajstić information content (AvgIpc) is 2.62. The molecule has 0 radical (unpaired) electrons. The monoisotopic (exact) mass is 388 g/mol. The second-order valence-electron chi connectivity index (χ2n) is 7.16. The highest BCUT2D eigenvalue weighted by Crippen LogP contribution is 2.24. The van der Waals surface area contributed by atoms with Crippen molar-refractivity contribution in [2.75, 3.05) is 29.9 Å². The summed E-state index contributed by atoms with van der Waals surface area (Å²) in [5.74, 6) is 1.40. The van der Waals surface area contributed by atoms with Gasteiger partial charge in [-0.3, -0.25) is 4.79 Å². The number of hydrogen-bond acceptors (Lipinski definition) is 5. The van der Waals surface area contributed by atoms with Gasteiger partial charge in [0.25, 0.3) is 5.91 Å². The Balaban J connectivity index is 1.62. The summed E-state index contributed by atoms with van der Waals surface area (Å²) in [4.78, 5) is 23.4. The molecule has 7 heteroatoms. The molecule has 1 N–H and O–H groups in total. The van der Waals surface area contributed by atoms with E-state index in [2.05, 4.69) is 27.1 Å². The molecule has 2 aromatic rings. The number of piperidine rings is 1. The van der Waals surface area contributed by atoms with Crippen molar-refractivity contribution < 1.29 is 9.53 Å². The number of aromatic nitrogens is 2. The van der Waals surface area contributed by atoms with Crippen LogP contribution in [0.25, 0.3) is 0 Å². The molecule has 0 unspecified atom stereocenters. The molecule has 1 amide bonds. The number of ether oxygens (including phenoxy) is 1. The lowest BCUT2D eigenvalue weighted by Gasteiger charge is -2.31. The maximum Gasteiger partial charge on any atom is 0.262 e. The number of rotatable bonds is 5. The van der Waals surface area contributed by atoms with Crippen molar-refractivity contribution in [2.24, 2.45) is 5.92 Å². The number of amides is 1. The van der Waals surface area contributed by atoms with Crippen molar-refractivity contribution in [1.82, 2.24) is 9.97 Å². The van der Waals surface area contributed by atoms with Crippen LogP contribution in [-0.2, 0) is 4.79 Å². The van der Waals surface area contributed by atoms with E-state index >= 15 is 0 Å². The van der Waals surface area contributed by atoms with Crippen LogP contribution >= 0.6 is 11.6 Å². The number of carbonyl (C=O) groups is 1. The molecule has 2 heterocycles. The van der Waals surface area contributed by atoms with E-state index in [0.29, 0.717) is 28.5 Å². The smallest absolute Gasteiger partial charge is 0.262 e. The van der Waals surface area contributed by atoms with E-state index in [9.17, 15) is 4.79 Å². The molecule has 144 valence electrons. The predicted molar refractivity (Wildman–Crippen MR) is 108 cm³/mol. The maximum absolute atomic E-state index is 12.2. The van der Waals surface area contributed by atoms with E-state index in [1.54, 1.807) is 18.2 Å². The van der Waals surface area contributed by atoms with Crippen LogP contribution in [0.5, 0.6) is 5.88 Å². The number of carbonyl (C=O) groups excluding carboxylic acids is 1. The average molecular weight is 389 g/mol. The predicted octanol–water partition coefficient (Wildman–Crippen LogP) is 4.00. The molecule has 1 aromatic carbocycles.